The molecule has 0 fully saturated rings. The minimum absolute atomic E-state index is 0.0787. The Kier molecular flexibility index (Phi) is 5.80. The molecule has 18 heavy (non-hydrogen) atoms. The SMILES string of the molecule is CCNCCC(=O)Nc1cc(Br)ccc1C(=O)O. The zero-order valence-electron chi connectivity index (χ0n) is 10.00. The maximum absolute atomic E-state index is 11.6. The van der Waals surface area contributed by atoms with Gasteiger partial charge < -0.3 is 15.7 Å². The average Bonchev–Trinajstić information content (AvgIpc) is 2.29. The summed E-state index contributed by atoms with van der Waals surface area (Å²) in [6.45, 7) is 3.32. The van der Waals surface area contributed by atoms with E-state index in [1.807, 2.05) is 6.92 Å². The van der Waals surface area contributed by atoms with Gasteiger partial charge in [0, 0.05) is 17.4 Å². The number of aromatic carboxylic acids is 1. The van der Waals surface area contributed by atoms with Crippen molar-refractivity contribution >= 4 is 33.5 Å². The van der Waals surface area contributed by atoms with Crippen molar-refractivity contribution in [3.05, 3.63) is 28.2 Å². The van der Waals surface area contributed by atoms with Gasteiger partial charge in [-0.25, -0.2) is 4.79 Å². The maximum atomic E-state index is 11.6. The smallest absolute Gasteiger partial charge is 0.337 e. The van der Waals surface area contributed by atoms with Crippen LogP contribution in [0.4, 0.5) is 5.69 Å². The number of nitrogens with one attached hydrogen (secondary N) is 2. The fourth-order valence-corrected chi connectivity index (χ4v) is 1.76. The number of carbonyl (C=O) groups is 2. The Morgan fingerprint density at radius 1 is 1.39 bits per heavy atom. The van der Waals surface area contributed by atoms with Gasteiger partial charge in [-0.1, -0.05) is 22.9 Å². The largest absolute Gasteiger partial charge is 0.478 e. The average molecular weight is 315 g/mol. The summed E-state index contributed by atoms with van der Waals surface area (Å²) in [5, 5.41) is 14.6. The van der Waals surface area contributed by atoms with Crippen molar-refractivity contribution in [2.75, 3.05) is 18.4 Å². The Morgan fingerprint density at radius 3 is 2.72 bits per heavy atom. The van der Waals surface area contributed by atoms with Crippen molar-refractivity contribution in [2.45, 2.75) is 13.3 Å². The zero-order valence-corrected chi connectivity index (χ0v) is 11.6. The number of hydrogen-bond acceptors (Lipinski definition) is 3. The predicted octanol–water partition coefficient (Wildman–Crippen LogP) is 2.09. The molecule has 1 aromatic carbocycles. The predicted molar refractivity (Wildman–Crippen MR) is 72.9 cm³/mol. The molecule has 0 radical (unpaired) electrons. The third-order valence-electron chi connectivity index (χ3n) is 2.26. The number of benzene rings is 1. The van der Waals surface area contributed by atoms with Crippen LogP contribution in [0, 0.1) is 0 Å². The van der Waals surface area contributed by atoms with Crippen LogP contribution in [0.5, 0.6) is 0 Å². The fourth-order valence-electron chi connectivity index (χ4n) is 1.40. The van der Waals surface area contributed by atoms with E-state index < -0.39 is 5.97 Å². The molecule has 0 atom stereocenters. The normalized spacial score (nSPS) is 10.1. The Hall–Kier alpha value is -1.40. The summed E-state index contributed by atoms with van der Waals surface area (Å²) >= 11 is 3.24. The molecule has 1 rings (SSSR count). The molecule has 0 aliphatic rings. The van der Waals surface area contributed by atoms with E-state index in [1.165, 1.54) is 6.07 Å². The molecule has 0 bridgehead atoms. The first-order chi connectivity index (χ1) is 8.54. The van der Waals surface area contributed by atoms with Crippen LogP contribution >= 0.6 is 15.9 Å². The fraction of sp³-hybridized carbons (Fsp3) is 0.333. The summed E-state index contributed by atoms with van der Waals surface area (Å²) in [7, 11) is 0. The van der Waals surface area contributed by atoms with Crippen LogP contribution in [-0.4, -0.2) is 30.1 Å². The molecule has 3 N–H and O–H groups in total. The van der Waals surface area contributed by atoms with E-state index >= 15 is 0 Å². The lowest BCUT2D eigenvalue weighted by molar-refractivity contribution is -0.116. The number of halogens is 1. The standard InChI is InChI=1S/C12H15BrN2O3/c1-2-14-6-5-11(16)15-10-7-8(13)3-4-9(10)12(17)18/h3-4,7,14H,2,5-6H2,1H3,(H,15,16)(H,17,18). The van der Waals surface area contributed by atoms with Crippen LogP contribution in [0.15, 0.2) is 22.7 Å². The number of amides is 1. The lowest BCUT2D eigenvalue weighted by atomic mass is 10.2. The van der Waals surface area contributed by atoms with E-state index in [1.54, 1.807) is 12.1 Å². The summed E-state index contributed by atoms with van der Waals surface area (Å²) in [4.78, 5) is 22.6. The molecule has 6 heteroatoms. The van der Waals surface area contributed by atoms with E-state index in [0.717, 1.165) is 11.0 Å². The van der Waals surface area contributed by atoms with Crippen molar-refractivity contribution < 1.29 is 14.7 Å². The summed E-state index contributed by atoms with van der Waals surface area (Å²) in [6.07, 6.45) is 0.305. The first-order valence-electron chi connectivity index (χ1n) is 5.58. The van der Waals surface area contributed by atoms with Crippen LogP contribution in [0.25, 0.3) is 0 Å². The molecule has 0 saturated heterocycles. The van der Waals surface area contributed by atoms with Gasteiger partial charge in [0.05, 0.1) is 11.3 Å². The van der Waals surface area contributed by atoms with Crippen molar-refractivity contribution in [1.82, 2.24) is 5.32 Å². The zero-order chi connectivity index (χ0) is 13.5. The Morgan fingerprint density at radius 2 is 2.11 bits per heavy atom. The van der Waals surface area contributed by atoms with Crippen LogP contribution in [-0.2, 0) is 4.79 Å². The second-order valence-corrected chi connectivity index (χ2v) is 4.56. The molecule has 0 aliphatic heterocycles. The molecule has 0 aliphatic carbocycles. The maximum Gasteiger partial charge on any atom is 0.337 e. The Labute approximate surface area is 114 Å². The molecular weight excluding hydrogens is 300 g/mol. The van der Waals surface area contributed by atoms with Crippen LogP contribution < -0.4 is 10.6 Å². The first kappa shape index (κ1) is 14.7. The van der Waals surface area contributed by atoms with Gasteiger partial charge in [0.25, 0.3) is 0 Å². The lowest BCUT2D eigenvalue weighted by Crippen LogP contribution is -2.22. The highest BCUT2D eigenvalue weighted by molar-refractivity contribution is 9.10. The highest BCUT2D eigenvalue weighted by atomic mass is 79.9. The number of carbonyl (C=O) groups excluding carboxylic acids is 1. The second-order valence-electron chi connectivity index (χ2n) is 3.65. The molecule has 0 aromatic heterocycles. The quantitative estimate of drug-likeness (QED) is 0.702. The van der Waals surface area contributed by atoms with Gasteiger partial charge in [-0.05, 0) is 24.7 Å². The third-order valence-corrected chi connectivity index (χ3v) is 2.76. The van der Waals surface area contributed by atoms with E-state index in [2.05, 4.69) is 26.6 Å². The van der Waals surface area contributed by atoms with E-state index in [4.69, 9.17) is 5.11 Å². The van der Waals surface area contributed by atoms with Crippen LogP contribution in [0.3, 0.4) is 0 Å². The number of hydrogen-bond donors (Lipinski definition) is 3. The molecule has 98 valence electrons. The highest BCUT2D eigenvalue weighted by Crippen LogP contribution is 2.21. The van der Waals surface area contributed by atoms with E-state index in [-0.39, 0.29) is 11.5 Å². The second kappa shape index (κ2) is 7.13. The van der Waals surface area contributed by atoms with Gasteiger partial charge in [0.15, 0.2) is 0 Å². The third kappa shape index (κ3) is 4.46. The summed E-state index contributed by atoms with van der Waals surface area (Å²) < 4.78 is 0.717. The monoisotopic (exact) mass is 314 g/mol. The van der Waals surface area contributed by atoms with Crippen molar-refractivity contribution in [3.8, 4) is 0 Å². The molecule has 0 spiro atoms. The van der Waals surface area contributed by atoms with Gasteiger partial charge in [-0.2, -0.15) is 0 Å². The van der Waals surface area contributed by atoms with E-state index in [9.17, 15) is 9.59 Å². The number of rotatable bonds is 6. The van der Waals surface area contributed by atoms with Gasteiger partial charge >= 0.3 is 5.97 Å². The molecule has 0 unspecified atom stereocenters. The molecule has 5 nitrogen and oxygen atoms in total. The van der Waals surface area contributed by atoms with Gasteiger partial charge in [0.2, 0.25) is 5.91 Å². The number of anilines is 1. The molecule has 1 amide bonds. The lowest BCUT2D eigenvalue weighted by Gasteiger charge is -2.09. The molecular formula is C12H15BrN2O3. The minimum Gasteiger partial charge on any atom is -0.478 e. The molecule has 0 saturated carbocycles. The van der Waals surface area contributed by atoms with Crippen molar-refractivity contribution in [3.63, 3.8) is 0 Å². The molecule has 0 heterocycles. The minimum atomic E-state index is -1.07. The highest BCUT2D eigenvalue weighted by Gasteiger charge is 2.12. The van der Waals surface area contributed by atoms with Crippen molar-refractivity contribution in [2.24, 2.45) is 0 Å². The van der Waals surface area contributed by atoms with Crippen LogP contribution in [0.2, 0.25) is 0 Å². The molecule has 1 aromatic rings. The van der Waals surface area contributed by atoms with Gasteiger partial charge in [-0.15, -0.1) is 0 Å². The Bertz CT molecular complexity index is 449. The van der Waals surface area contributed by atoms with Gasteiger partial charge in [0.1, 0.15) is 0 Å². The van der Waals surface area contributed by atoms with Crippen molar-refractivity contribution in [1.29, 1.82) is 0 Å². The number of carboxylic acid groups (broad SMARTS) is 1. The number of carboxylic acids is 1. The van der Waals surface area contributed by atoms with E-state index in [0.29, 0.717) is 18.7 Å². The Balaban J connectivity index is 2.73. The summed E-state index contributed by atoms with van der Waals surface area (Å²) in [5.74, 6) is -1.28. The topological polar surface area (TPSA) is 78.4 Å². The van der Waals surface area contributed by atoms with Crippen LogP contribution in [0.1, 0.15) is 23.7 Å². The van der Waals surface area contributed by atoms with Gasteiger partial charge in [-0.3, -0.25) is 4.79 Å². The first-order valence-corrected chi connectivity index (χ1v) is 6.37. The summed E-state index contributed by atoms with van der Waals surface area (Å²) in [6, 6.07) is 4.65. The summed E-state index contributed by atoms with van der Waals surface area (Å²) in [5.41, 5.74) is 0.383.